The topological polar surface area (TPSA) is 108 Å². The average Bonchev–Trinajstić information content (AvgIpc) is 2.88. The summed E-state index contributed by atoms with van der Waals surface area (Å²) in [6.07, 6.45) is 2.92. The van der Waals surface area contributed by atoms with Crippen LogP contribution < -0.4 is 15.7 Å². The van der Waals surface area contributed by atoms with Gasteiger partial charge in [-0.05, 0) is 72.9 Å². The quantitative estimate of drug-likeness (QED) is 0.307. The molecule has 2 aliphatic rings. The van der Waals surface area contributed by atoms with Gasteiger partial charge in [-0.1, -0.05) is 30.7 Å². The minimum atomic E-state index is -0.896. The summed E-state index contributed by atoms with van der Waals surface area (Å²) in [6, 6.07) is 18.4. The molecule has 8 nitrogen and oxygen atoms in total. The molecule has 2 fully saturated rings. The second-order valence-electron chi connectivity index (χ2n) is 9.91. The summed E-state index contributed by atoms with van der Waals surface area (Å²) in [7, 11) is 0. The van der Waals surface area contributed by atoms with E-state index in [2.05, 4.69) is 27.1 Å². The van der Waals surface area contributed by atoms with E-state index in [0.717, 1.165) is 24.3 Å². The van der Waals surface area contributed by atoms with Crippen LogP contribution in [0.25, 0.3) is 0 Å². The molecule has 9 heteroatoms. The number of aliphatic hydroxyl groups is 1. The van der Waals surface area contributed by atoms with Crippen molar-refractivity contribution in [3.8, 4) is 0 Å². The van der Waals surface area contributed by atoms with Gasteiger partial charge in [-0.15, -0.1) is 0 Å². The summed E-state index contributed by atoms with van der Waals surface area (Å²) in [4.78, 5) is 24.1. The molecule has 192 valence electrons. The molecule has 0 saturated carbocycles. The van der Waals surface area contributed by atoms with Crippen molar-refractivity contribution >= 4 is 34.8 Å². The van der Waals surface area contributed by atoms with Gasteiger partial charge in [-0.3, -0.25) is 10.2 Å². The third-order valence-electron chi connectivity index (χ3n) is 7.10. The van der Waals surface area contributed by atoms with Crippen molar-refractivity contribution < 1.29 is 9.90 Å². The highest BCUT2D eigenvalue weighted by atomic mass is 35.5. The zero-order chi connectivity index (χ0) is 26.0. The number of guanidine groups is 1. The van der Waals surface area contributed by atoms with Gasteiger partial charge in [-0.25, -0.2) is 0 Å². The van der Waals surface area contributed by atoms with Crippen molar-refractivity contribution in [2.75, 3.05) is 36.4 Å². The fourth-order valence-electron chi connectivity index (χ4n) is 4.95. The summed E-state index contributed by atoms with van der Waals surface area (Å²) in [5, 5.41) is 23.3. The van der Waals surface area contributed by atoms with Crippen molar-refractivity contribution in [3.63, 3.8) is 0 Å². The standard InChI is InChI=1S/C28H31ClN6O2/c1-19-17-35(18-19)26(36)20-4-10-23(11-5-20)32-27(30)33-25-24(3-2-14-31-25)34-15-12-28(37,13-16-34)21-6-8-22(29)9-7-21/h2-11,14,19,37H,12-13,15-18H2,1H3,(H3,30,31,32,33). The predicted octanol–water partition coefficient (Wildman–Crippen LogP) is 4.20. The minimum absolute atomic E-state index is 0.0194. The SMILES string of the molecule is CC1CN(C(=O)c2ccc(NC(=N)/N=c3\[nH]cccc3N3CCC(O)(c4ccc(Cl)cc4)CC3)cc2)C1. The first-order valence-electron chi connectivity index (χ1n) is 12.5. The van der Waals surface area contributed by atoms with Crippen molar-refractivity contribution in [3.05, 3.63) is 88.5 Å². The Morgan fingerprint density at radius 3 is 2.43 bits per heavy atom. The van der Waals surface area contributed by atoms with Gasteiger partial charge in [0, 0.05) is 48.6 Å². The molecule has 37 heavy (non-hydrogen) atoms. The lowest BCUT2D eigenvalue weighted by molar-refractivity contribution is 0.0117. The molecule has 2 aliphatic heterocycles. The van der Waals surface area contributed by atoms with E-state index < -0.39 is 5.60 Å². The highest BCUT2D eigenvalue weighted by Crippen LogP contribution is 2.34. The van der Waals surface area contributed by atoms with Crippen LogP contribution in [0, 0.1) is 11.3 Å². The number of benzene rings is 2. The average molecular weight is 519 g/mol. The first kappa shape index (κ1) is 25.0. The van der Waals surface area contributed by atoms with E-state index in [9.17, 15) is 9.90 Å². The third-order valence-corrected chi connectivity index (χ3v) is 7.35. The van der Waals surface area contributed by atoms with Gasteiger partial charge in [0.05, 0.1) is 11.3 Å². The number of pyridine rings is 1. The van der Waals surface area contributed by atoms with E-state index in [1.165, 1.54) is 0 Å². The lowest BCUT2D eigenvalue weighted by Gasteiger charge is -2.39. The van der Waals surface area contributed by atoms with Gasteiger partial charge in [0.2, 0.25) is 5.96 Å². The molecule has 0 unspecified atom stereocenters. The number of H-pyrrole nitrogens is 1. The first-order valence-corrected chi connectivity index (χ1v) is 12.9. The van der Waals surface area contributed by atoms with Gasteiger partial charge in [0.1, 0.15) is 0 Å². The van der Waals surface area contributed by atoms with E-state index in [1.807, 2.05) is 29.2 Å². The van der Waals surface area contributed by atoms with Crippen LogP contribution in [0.15, 0.2) is 71.9 Å². The van der Waals surface area contributed by atoms with E-state index in [4.69, 9.17) is 17.0 Å². The minimum Gasteiger partial charge on any atom is -0.385 e. The molecule has 2 saturated heterocycles. The number of aromatic amines is 1. The van der Waals surface area contributed by atoms with Crippen LogP contribution in [0.1, 0.15) is 35.7 Å². The van der Waals surface area contributed by atoms with E-state index in [-0.39, 0.29) is 11.9 Å². The molecule has 4 N–H and O–H groups in total. The molecule has 2 aromatic carbocycles. The lowest BCUT2D eigenvalue weighted by Crippen LogP contribution is -2.48. The summed E-state index contributed by atoms with van der Waals surface area (Å²) in [6.45, 7) is 5.02. The number of nitrogens with one attached hydrogen (secondary N) is 3. The van der Waals surface area contributed by atoms with Gasteiger partial charge in [-0.2, -0.15) is 4.99 Å². The van der Waals surface area contributed by atoms with Crippen LogP contribution >= 0.6 is 11.6 Å². The maximum atomic E-state index is 12.5. The second-order valence-corrected chi connectivity index (χ2v) is 10.3. The molecule has 1 aromatic heterocycles. The summed E-state index contributed by atoms with van der Waals surface area (Å²) in [5.74, 6) is 0.581. The second kappa shape index (κ2) is 10.4. The maximum Gasteiger partial charge on any atom is 0.253 e. The van der Waals surface area contributed by atoms with Gasteiger partial charge < -0.3 is 25.2 Å². The first-order chi connectivity index (χ1) is 17.8. The molecule has 0 spiro atoms. The number of amides is 1. The summed E-state index contributed by atoms with van der Waals surface area (Å²) < 4.78 is 0. The highest BCUT2D eigenvalue weighted by molar-refractivity contribution is 6.30. The fraction of sp³-hybridized carbons (Fsp3) is 0.321. The number of aromatic nitrogens is 1. The van der Waals surface area contributed by atoms with E-state index >= 15 is 0 Å². The number of anilines is 2. The Labute approximate surface area is 221 Å². The molecular formula is C28H31ClN6O2. The Hall–Kier alpha value is -3.62. The third kappa shape index (κ3) is 5.55. The highest BCUT2D eigenvalue weighted by Gasteiger charge is 2.34. The van der Waals surface area contributed by atoms with Crippen LogP contribution in [0.4, 0.5) is 11.4 Å². The molecule has 0 aliphatic carbocycles. The molecule has 3 heterocycles. The number of carbonyl (C=O) groups excluding carboxylic acids is 1. The van der Waals surface area contributed by atoms with Crippen LogP contribution in [0.3, 0.4) is 0 Å². The molecule has 1 amide bonds. The van der Waals surface area contributed by atoms with Crippen molar-refractivity contribution in [2.24, 2.45) is 10.9 Å². The van der Waals surface area contributed by atoms with Crippen LogP contribution in [0.2, 0.25) is 5.02 Å². The van der Waals surface area contributed by atoms with Crippen LogP contribution in [-0.4, -0.2) is 53.0 Å². The molecule has 3 aromatic rings. The number of likely N-dealkylation sites (tertiary alicyclic amines) is 1. The monoisotopic (exact) mass is 518 g/mol. The Balaban J connectivity index is 1.25. The van der Waals surface area contributed by atoms with Crippen molar-refractivity contribution in [1.29, 1.82) is 5.41 Å². The predicted molar refractivity (Wildman–Crippen MR) is 146 cm³/mol. The molecular weight excluding hydrogens is 488 g/mol. The Morgan fingerprint density at radius 1 is 1.11 bits per heavy atom. The maximum absolute atomic E-state index is 12.5. The van der Waals surface area contributed by atoms with Gasteiger partial charge in [0.25, 0.3) is 5.91 Å². The van der Waals surface area contributed by atoms with Crippen LogP contribution in [0.5, 0.6) is 0 Å². The normalized spacial score (nSPS) is 17.9. The number of nitrogens with zero attached hydrogens (tertiary/aromatic N) is 3. The number of carbonyl (C=O) groups is 1. The molecule has 5 rings (SSSR count). The molecule has 0 radical (unpaired) electrons. The molecule has 0 bridgehead atoms. The van der Waals surface area contributed by atoms with Crippen molar-refractivity contribution in [2.45, 2.75) is 25.4 Å². The smallest absolute Gasteiger partial charge is 0.253 e. The lowest BCUT2D eigenvalue weighted by atomic mass is 9.84. The van der Waals surface area contributed by atoms with Gasteiger partial charge >= 0.3 is 0 Å². The van der Waals surface area contributed by atoms with E-state index in [1.54, 1.807) is 42.6 Å². The summed E-state index contributed by atoms with van der Waals surface area (Å²) >= 11 is 6.01. The fourth-order valence-corrected chi connectivity index (χ4v) is 5.08. The Kier molecular flexibility index (Phi) is 7.04. The zero-order valence-corrected chi connectivity index (χ0v) is 21.5. The Bertz CT molecular complexity index is 1340. The number of rotatable bonds is 4. The van der Waals surface area contributed by atoms with Crippen molar-refractivity contribution in [1.82, 2.24) is 9.88 Å². The number of piperidine rings is 1. The zero-order valence-electron chi connectivity index (χ0n) is 20.7. The van der Waals surface area contributed by atoms with Gasteiger partial charge in [0.15, 0.2) is 5.49 Å². The van der Waals surface area contributed by atoms with Crippen LogP contribution in [-0.2, 0) is 5.60 Å². The number of halogens is 1. The summed E-state index contributed by atoms with van der Waals surface area (Å²) in [5.41, 5.74) is 2.74. The van der Waals surface area contributed by atoms with E-state index in [0.29, 0.717) is 53.6 Å². The Morgan fingerprint density at radius 2 is 1.78 bits per heavy atom. The number of hydrogen-bond acceptors (Lipinski definition) is 4. The molecule has 0 atom stereocenters. The number of hydrogen-bond donors (Lipinski definition) is 4. The largest absolute Gasteiger partial charge is 0.385 e.